The van der Waals surface area contributed by atoms with Gasteiger partial charge in [-0.15, -0.1) is 11.3 Å². The summed E-state index contributed by atoms with van der Waals surface area (Å²) in [5.41, 5.74) is 3.42. The third-order valence-corrected chi connectivity index (χ3v) is 5.58. The maximum Gasteiger partial charge on any atom is 0.263 e. The van der Waals surface area contributed by atoms with E-state index in [0.29, 0.717) is 21.5 Å². The molecule has 0 spiro atoms. The van der Waals surface area contributed by atoms with E-state index in [1.165, 1.54) is 28.3 Å². The van der Waals surface area contributed by atoms with E-state index in [-0.39, 0.29) is 12.1 Å². The second-order valence-corrected chi connectivity index (χ2v) is 7.74. The zero-order valence-electron chi connectivity index (χ0n) is 15.9. The van der Waals surface area contributed by atoms with E-state index in [2.05, 4.69) is 10.3 Å². The van der Waals surface area contributed by atoms with Gasteiger partial charge in [-0.1, -0.05) is 35.9 Å². The van der Waals surface area contributed by atoms with Crippen molar-refractivity contribution in [3.8, 4) is 11.1 Å². The first-order valence-corrected chi connectivity index (χ1v) is 9.90. The standard InChI is InChI=1S/C22H18FN3O2S/c1-13-3-6-15(7-4-13)17-11-29-21-20(17)22(28)26(12-24-21)10-19(27)25-16-8-5-14(2)18(23)9-16/h3-9,11-12H,10H2,1-2H3,(H,25,27). The minimum absolute atomic E-state index is 0.208. The molecule has 0 saturated carbocycles. The third-order valence-electron chi connectivity index (χ3n) is 4.69. The highest BCUT2D eigenvalue weighted by Gasteiger charge is 2.15. The van der Waals surface area contributed by atoms with Crippen molar-refractivity contribution in [3.05, 3.63) is 81.5 Å². The number of carbonyl (C=O) groups is 1. The number of fused-ring (bicyclic) bond motifs is 1. The second kappa shape index (κ2) is 7.60. The van der Waals surface area contributed by atoms with E-state index in [4.69, 9.17) is 0 Å². The highest BCUT2D eigenvalue weighted by molar-refractivity contribution is 7.17. The Hall–Kier alpha value is -3.32. The highest BCUT2D eigenvalue weighted by atomic mass is 32.1. The lowest BCUT2D eigenvalue weighted by molar-refractivity contribution is -0.116. The van der Waals surface area contributed by atoms with Gasteiger partial charge in [0.2, 0.25) is 5.91 Å². The molecule has 146 valence electrons. The largest absolute Gasteiger partial charge is 0.324 e. The van der Waals surface area contributed by atoms with Crippen molar-refractivity contribution in [1.29, 1.82) is 0 Å². The molecule has 2 heterocycles. The van der Waals surface area contributed by atoms with Gasteiger partial charge in [-0.3, -0.25) is 14.2 Å². The SMILES string of the molecule is Cc1ccc(-c2csc3ncn(CC(=O)Nc4ccc(C)c(F)c4)c(=O)c23)cc1. The Morgan fingerprint density at radius 1 is 1.17 bits per heavy atom. The predicted octanol–water partition coefficient (Wildman–Crippen LogP) is 4.52. The van der Waals surface area contributed by atoms with Crippen LogP contribution in [0.2, 0.25) is 0 Å². The van der Waals surface area contributed by atoms with Gasteiger partial charge in [0.15, 0.2) is 0 Å². The summed E-state index contributed by atoms with van der Waals surface area (Å²) in [6.07, 6.45) is 1.37. The molecule has 0 saturated heterocycles. The molecule has 0 aliphatic heterocycles. The predicted molar refractivity (Wildman–Crippen MR) is 114 cm³/mol. The normalized spacial score (nSPS) is 11.0. The zero-order chi connectivity index (χ0) is 20.5. The van der Waals surface area contributed by atoms with E-state index in [0.717, 1.165) is 16.7 Å². The first-order valence-electron chi connectivity index (χ1n) is 9.02. The molecular weight excluding hydrogens is 389 g/mol. The van der Waals surface area contributed by atoms with Crippen LogP contribution < -0.4 is 10.9 Å². The summed E-state index contributed by atoms with van der Waals surface area (Å²) in [7, 11) is 0. The van der Waals surface area contributed by atoms with Gasteiger partial charge in [0, 0.05) is 16.6 Å². The number of nitrogens with one attached hydrogen (secondary N) is 1. The molecule has 0 aliphatic carbocycles. The van der Waals surface area contributed by atoms with Crippen molar-refractivity contribution in [3.63, 3.8) is 0 Å². The number of aromatic nitrogens is 2. The summed E-state index contributed by atoms with van der Waals surface area (Å²) in [4.78, 5) is 30.4. The number of thiophene rings is 1. The number of amides is 1. The summed E-state index contributed by atoms with van der Waals surface area (Å²) in [6, 6.07) is 12.4. The van der Waals surface area contributed by atoms with Crippen molar-refractivity contribution in [2.24, 2.45) is 0 Å². The van der Waals surface area contributed by atoms with Crippen LogP contribution in [0.15, 0.2) is 59.0 Å². The maximum absolute atomic E-state index is 13.7. The number of benzene rings is 2. The van der Waals surface area contributed by atoms with Gasteiger partial charge in [-0.25, -0.2) is 9.37 Å². The topological polar surface area (TPSA) is 64.0 Å². The Morgan fingerprint density at radius 2 is 1.93 bits per heavy atom. The lowest BCUT2D eigenvalue weighted by Crippen LogP contribution is -2.27. The average Bonchev–Trinajstić information content (AvgIpc) is 3.12. The molecule has 5 nitrogen and oxygen atoms in total. The molecule has 0 fully saturated rings. The van der Waals surface area contributed by atoms with E-state index in [1.54, 1.807) is 19.1 Å². The fraction of sp³-hybridized carbons (Fsp3) is 0.136. The van der Waals surface area contributed by atoms with Crippen LogP contribution in [0.4, 0.5) is 10.1 Å². The quantitative estimate of drug-likeness (QED) is 0.541. The smallest absolute Gasteiger partial charge is 0.263 e. The van der Waals surface area contributed by atoms with E-state index in [1.807, 2.05) is 36.6 Å². The molecule has 0 radical (unpaired) electrons. The van der Waals surface area contributed by atoms with Crippen LogP contribution in [-0.2, 0) is 11.3 Å². The van der Waals surface area contributed by atoms with Crippen LogP contribution >= 0.6 is 11.3 Å². The Bertz CT molecular complexity index is 1280. The Balaban J connectivity index is 1.64. The van der Waals surface area contributed by atoms with Crippen molar-refractivity contribution in [2.75, 3.05) is 5.32 Å². The Morgan fingerprint density at radius 3 is 2.66 bits per heavy atom. The van der Waals surface area contributed by atoms with Crippen LogP contribution in [0.5, 0.6) is 0 Å². The Kier molecular flexibility index (Phi) is 4.98. The van der Waals surface area contributed by atoms with Crippen molar-refractivity contribution < 1.29 is 9.18 Å². The van der Waals surface area contributed by atoms with Gasteiger partial charge in [-0.05, 0) is 37.1 Å². The molecule has 0 bridgehead atoms. The number of hydrogen-bond donors (Lipinski definition) is 1. The van der Waals surface area contributed by atoms with Crippen LogP contribution in [0.25, 0.3) is 21.3 Å². The molecule has 0 unspecified atom stereocenters. The highest BCUT2D eigenvalue weighted by Crippen LogP contribution is 2.30. The van der Waals surface area contributed by atoms with Crippen LogP contribution in [0.1, 0.15) is 11.1 Å². The van der Waals surface area contributed by atoms with Crippen molar-refractivity contribution in [1.82, 2.24) is 9.55 Å². The molecular formula is C22H18FN3O2S. The molecule has 1 N–H and O–H groups in total. The van der Waals surface area contributed by atoms with E-state index < -0.39 is 11.7 Å². The maximum atomic E-state index is 13.7. The molecule has 7 heteroatoms. The van der Waals surface area contributed by atoms with Crippen LogP contribution in [0.3, 0.4) is 0 Å². The fourth-order valence-electron chi connectivity index (χ4n) is 3.05. The number of halogens is 1. The van der Waals surface area contributed by atoms with Crippen LogP contribution in [0, 0.1) is 19.7 Å². The van der Waals surface area contributed by atoms with Crippen molar-refractivity contribution in [2.45, 2.75) is 20.4 Å². The third kappa shape index (κ3) is 3.82. The van der Waals surface area contributed by atoms with Gasteiger partial charge < -0.3 is 5.32 Å². The fourth-order valence-corrected chi connectivity index (χ4v) is 3.96. The molecule has 1 amide bonds. The number of hydrogen-bond acceptors (Lipinski definition) is 4. The summed E-state index contributed by atoms with van der Waals surface area (Å²) in [6.45, 7) is 3.44. The van der Waals surface area contributed by atoms with Gasteiger partial charge in [-0.2, -0.15) is 0 Å². The van der Waals surface area contributed by atoms with Crippen LogP contribution in [-0.4, -0.2) is 15.5 Å². The van der Waals surface area contributed by atoms with Crippen molar-refractivity contribution >= 4 is 33.1 Å². The average molecular weight is 407 g/mol. The summed E-state index contributed by atoms with van der Waals surface area (Å²) in [5.74, 6) is -0.826. The molecule has 29 heavy (non-hydrogen) atoms. The number of nitrogens with zero attached hydrogens (tertiary/aromatic N) is 2. The second-order valence-electron chi connectivity index (χ2n) is 6.89. The summed E-state index contributed by atoms with van der Waals surface area (Å²) >= 11 is 1.39. The van der Waals surface area contributed by atoms with Gasteiger partial charge >= 0.3 is 0 Å². The molecule has 2 aromatic heterocycles. The molecule has 2 aromatic carbocycles. The number of anilines is 1. The van der Waals surface area contributed by atoms with E-state index >= 15 is 0 Å². The molecule has 4 rings (SSSR count). The minimum atomic E-state index is -0.427. The van der Waals surface area contributed by atoms with Gasteiger partial charge in [0.1, 0.15) is 17.2 Å². The van der Waals surface area contributed by atoms with Gasteiger partial charge in [0.05, 0.1) is 11.7 Å². The minimum Gasteiger partial charge on any atom is -0.324 e. The first kappa shape index (κ1) is 19.0. The van der Waals surface area contributed by atoms with E-state index in [9.17, 15) is 14.0 Å². The number of carbonyl (C=O) groups excluding carboxylic acids is 1. The lowest BCUT2D eigenvalue weighted by Gasteiger charge is -2.08. The first-order chi connectivity index (χ1) is 13.9. The zero-order valence-corrected chi connectivity index (χ0v) is 16.7. The molecule has 4 aromatic rings. The summed E-state index contributed by atoms with van der Waals surface area (Å²) < 4.78 is 14.9. The number of rotatable bonds is 4. The molecule has 0 atom stereocenters. The number of aryl methyl sites for hydroxylation is 2. The monoisotopic (exact) mass is 407 g/mol. The molecule has 0 aliphatic rings. The lowest BCUT2D eigenvalue weighted by atomic mass is 10.1. The summed E-state index contributed by atoms with van der Waals surface area (Å²) in [5, 5.41) is 5.02. The van der Waals surface area contributed by atoms with Gasteiger partial charge in [0.25, 0.3) is 5.56 Å². The Labute approximate surface area is 170 Å².